The zero-order valence-corrected chi connectivity index (χ0v) is 7.40. The Balaban J connectivity index is 0.000001000. The van der Waals surface area contributed by atoms with Gasteiger partial charge in [0, 0.05) is 19.8 Å². The van der Waals surface area contributed by atoms with Crippen LogP contribution in [-0.4, -0.2) is 37.5 Å². The van der Waals surface area contributed by atoms with E-state index in [1.165, 1.54) is 0 Å². The monoisotopic (exact) mass is 181 g/mol. The molecule has 0 aromatic heterocycles. The lowest BCUT2D eigenvalue weighted by atomic mass is 10.3. The van der Waals surface area contributed by atoms with Gasteiger partial charge < -0.3 is 15.2 Å². The number of ether oxygens (including phenoxy) is 1. The molecule has 0 amide bonds. The summed E-state index contributed by atoms with van der Waals surface area (Å²) in [6.45, 7) is 2.98. The first-order valence-corrected chi connectivity index (χ1v) is 3.86. The van der Waals surface area contributed by atoms with Crippen molar-refractivity contribution in [2.45, 2.75) is 18.9 Å². The predicted octanol–water partition coefficient (Wildman–Crippen LogP) is 0.169. The maximum absolute atomic E-state index is 8.44. The number of hydrogen-bond donors (Lipinski definition) is 2. The van der Waals surface area contributed by atoms with Crippen molar-refractivity contribution in [3.05, 3.63) is 0 Å². The van der Waals surface area contributed by atoms with Crippen LogP contribution >= 0.6 is 12.4 Å². The highest BCUT2D eigenvalue weighted by molar-refractivity contribution is 5.85. The number of aliphatic hydroxyl groups is 1. The molecule has 0 bridgehead atoms. The van der Waals surface area contributed by atoms with Gasteiger partial charge in [-0.15, -0.1) is 12.4 Å². The van der Waals surface area contributed by atoms with Crippen molar-refractivity contribution in [2.75, 3.05) is 26.3 Å². The minimum Gasteiger partial charge on any atom is -0.396 e. The summed E-state index contributed by atoms with van der Waals surface area (Å²) in [6.07, 6.45) is 2.27. The number of hydrogen-bond acceptors (Lipinski definition) is 3. The van der Waals surface area contributed by atoms with Crippen LogP contribution < -0.4 is 5.32 Å². The van der Waals surface area contributed by atoms with Crippen molar-refractivity contribution in [1.29, 1.82) is 0 Å². The first kappa shape index (κ1) is 11.2. The van der Waals surface area contributed by atoms with Crippen molar-refractivity contribution in [3.63, 3.8) is 0 Å². The van der Waals surface area contributed by atoms with Gasteiger partial charge in [-0.2, -0.15) is 0 Å². The Morgan fingerprint density at radius 3 is 2.91 bits per heavy atom. The minimum atomic E-state index is 0. The quantitative estimate of drug-likeness (QED) is 0.608. The third-order valence-corrected chi connectivity index (χ3v) is 1.67. The van der Waals surface area contributed by atoms with Crippen molar-refractivity contribution < 1.29 is 9.84 Å². The van der Waals surface area contributed by atoms with Gasteiger partial charge >= 0.3 is 0 Å². The molecular weight excluding hydrogens is 166 g/mol. The van der Waals surface area contributed by atoms with Crippen molar-refractivity contribution in [1.82, 2.24) is 5.32 Å². The molecule has 3 nitrogen and oxygen atoms in total. The second-order valence-electron chi connectivity index (χ2n) is 2.56. The molecule has 1 aliphatic rings. The Morgan fingerprint density at radius 1 is 1.55 bits per heavy atom. The molecule has 1 atom stereocenters. The van der Waals surface area contributed by atoms with Crippen LogP contribution in [-0.2, 0) is 4.74 Å². The fourth-order valence-electron chi connectivity index (χ4n) is 1.08. The Morgan fingerprint density at radius 2 is 2.36 bits per heavy atom. The summed E-state index contributed by atoms with van der Waals surface area (Å²) in [7, 11) is 0. The van der Waals surface area contributed by atoms with Gasteiger partial charge in [-0.25, -0.2) is 0 Å². The normalized spacial score (nSPS) is 23.2. The van der Waals surface area contributed by atoms with E-state index in [2.05, 4.69) is 5.32 Å². The second kappa shape index (κ2) is 6.85. The molecule has 1 saturated heterocycles. The maximum atomic E-state index is 8.44. The fraction of sp³-hybridized carbons (Fsp3) is 1.00. The minimum absolute atomic E-state index is 0. The first-order chi connectivity index (χ1) is 4.93. The topological polar surface area (TPSA) is 41.5 Å². The zero-order chi connectivity index (χ0) is 7.23. The molecular formula is C7H16ClNO2. The third-order valence-electron chi connectivity index (χ3n) is 1.67. The van der Waals surface area contributed by atoms with Gasteiger partial charge in [0.1, 0.15) is 0 Å². The van der Waals surface area contributed by atoms with Crippen LogP contribution in [0.4, 0.5) is 0 Å². The molecule has 1 rings (SSSR count). The van der Waals surface area contributed by atoms with Gasteiger partial charge in [-0.1, -0.05) is 0 Å². The number of rotatable bonds is 4. The van der Waals surface area contributed by atoms with E-state index in [0.29, 0.717) is 12.7 Å². The summed E-state index contributed by atoms with van der Waals surface area (Å²) >= 11 is 0. The van der Waals surface area contributed by atoms with Crippen LogP contribution in [0.15, 0.2) is 0 Å². The van der Waals surface area contributed by atoms with Crippen LogP contribution in [0.3, 0.4) is 0 Å². The number of aliphatic hydroxyl groups excluding tert-OH is 1. The molecule has 11 heavy (non-hydrogen) atoms. The van der Waals surface area contributed by atoms with Gasteiger partial charge in [0.15, 0.2) is 0 Å². The molecule has 0 aliphatic carbocycles. The highest BCUT2D eigenvalue weighted by Gasteiger charge is 2.13. The van der Waals surface area contributed by atoms with Crippen molar-refractivity contribution in [2.24, 2.45) is 0 Å². The summed E-state index contributed by atoms with van der Waals surface area (Å²) in [5, 5.41) is 11.7. The van der Waals surface area contributed by atoms with E-state index in [1.807, 2.05) is 0 Å². The molecule has 0 unspecified atom stereocenters. The van der Waals surface area contributed by atoms with E-state index in [1.54, 1.807) is 0 Å². The van der Waals surface area contributed by atoms with Gasteiger partial charge in [0.2, 0.25) is 0 Å². The van der Waals surface area contributed by atoms with Crippen molar-refractivity contribution >= 4 is 12.4 Å². The lowest BCUT2D eigenvalue weighted by Gasteiger charge is -2.08. The average Bonchev–Trinajstić information content (AvgIpc) is 2.41. The third kappa shape index (κ3) is 4.58. The van der Waals surface area contributed by atoms with Crippen LogP contribution in [0.25, 0.3) is 0 Å². The molecule has 0 saturated carbocycles. The van der Waals surface area contributed by atoms with E-state index >= 15 is 0 Å². The molecule has 0 aromatic rings. The molecule has 2 N–H and O–H groups in total. The van der Waals surface area contributed by atoms with Gasteiger partial charge in [0.25, 0.3) is 0 Å². The van der Waals surface area contributed by atoms with Crippen LogP contribution in [0.1, 0.15) is 12.8 Å². The van der Waals surface area contributed by atoms with Gasteiger partial charge in [-0.05, 0) is 19.4 Å². The first-order valence-electron chi connectivity index (χ1n) is 3.86. The fourth-order valence-corrected chi connectivity index (χ4v) is 1.08. The SMILES string of the molecule is Cl.OCCCO[C@@H]1CCNC1. The summed E-state index contributed by atoms with van der Waals surface area (Å²) in [5.74, 6) is 0. The molecule has 4 heteroatoms. The molecule has 1 aliphatic heterocycles. The summed E-state index contributed by atoms with van der Waals surface area (Å²) < 4.78 is 5.42. The smallest absolute Gasteiger partial charge is 0.0711 e. The molecule has 0 aromatic carbocycles. The van der Waals surface area contributed by atoms with E-state index in [-0.39, 0.29) is 19.0 Å². The molecule has 0 radical (unpaired) electrons. The summed E-state index contributed by atoms with van der Waals surface area (Å²) in [5.41, 5.74) is 0. The average molecular weight is 182 g/mol. The standard InChI is InChI=1S/C7H15NO2.ClH/c9-4-1-5-10-7-2-3-8-6-7;/h7-9H,1-6H2;1H/t7-;/m1./s1. The Labute approximate surface area is 73.5 Å². The lowest BCUT2D eigenvalue weighted by molar-refractivity contribution is 0.0568. The second-order valence-corrected chi connectivity index (χ2v) is 2.56. The maximum Gasteiger partial charge on any atom is 0.0711 e. The van der Waals surface area contributed by atoms with Crippen LogP contribution in [0.2, 0.25) is 0 Å². The van der Waals surface area contributed by atoms with E-state index in [9.17, 15) is 0 Å². The highest BCUT2D eigenvalue weighted by Crippen LogP contribution is 2.02. The number of nitrogens with one attached hydrogen (secondary N) is 1. The predicted molar refractivity (Wildman–Crippen MR) is 46.2 cm³/mol. The Bertz CT molecular complexity index is 86.5. The van der Waals surface area contributed by atoms with E-state index in [4.69, 9.17) is 9.84 Å². The Hall–Kier alpha value is 0.170. The van der Waals surface area contributed by atoms with E-state index in [0.717, 1.165) is 25.9 Å². The molecule has 68 valence electrons. The molecule has 1 fully saturated rings. The summed E-state index contributed by atoms with van der Waals surface area (Å²) in [6, 6.07) is 0. The summed E-state index contributed by atoms with van der Waals surface area (Å²) in [4.78, 5) is 0. The van der Waals surface area contributed by atoms with Crippen molar-refractivity contribution in [3.8, 4) is 0 Å². The molecule has 0 spiro atoms. The van der Waals surface area contributed by atoms with Crippen LogP contribution in [0, 0.1) is 0 Å². The van der Waals surface area contributed by atoms with Crippen LogP contribution in [0.5, 0.6) is 0 Å². The Kier molecular flexibility index (Phi) is 6.96. The molecule has 1 heterocycles. The largest absolute Gasteiger partial charge is 0.396 e. The van der Waals surface area contributed by atoms with E-state index < -0.39 is 0 Å². The lowest BCUT2D eigenvalue weighted by Crippen LogP contribution is -2.17. The number of halogens is 1. The zero-order valence-electron chi connectivity index (χ0n) is 6.58. The highest BCUT2D eigenvalue weighted by atomic mass is 35.5. The van der Waals surface area contributed by atoms with Gasteiger partial charge in [-0.3, -0.25) is 0 Å². The van der Waals surface area contributed by atoms with Gasteiger partial charge in [0.05, 0.1) is 6.10 Å².